The summed E-state index contributed by atoms with van der Waals surface area (Å²) in [5, 5.41) is 0. The molecule has 0 bridgehead atoms. The molecule has 1 N–H and O–H groups in total. The predicted octanol–water partition coefficient (Wildman–Crippen LogP) is 1.92. The van der Waals surface area contributed by atoms with E-state index in [-0.39, 0.29) is 13.2 Å². The molecule has 0 atom stereocenters. The molecule has 0 aromatic heterocycles. The number of para-hydroxylation sites is 1. The minimum atomic E-state index is -4.39. The highest BCUT2D eigenvalue weighted by Gasteiger charge is 2.04. The lowest BCUT2D eigenvalue weighted by Gasteiger charge is -2.08. The van der Waals surface area contributed by atoms with Crippen LogP contribution in [0, 0.1) is 0 Å². The van der Waals surface area contributed by atoms with Crippen molar-refractivity contribution in [1.82, 2.24) is 0 Å². The summed E-state index contributed by atoms with van der Waals surface area (Å²) < 4.78 is 38.4. The van der Waals surface area contributed by atoms with E-state index in [0.717, 1.165) is 5.56 Å². The Morgan fingerprint density at radius 2 is 2.00 bits per heavy atom. The van der Waals surface area contributed by atoms with Crippen molar-refractivity contribution in [2.45, 2.75) is 6.92 Å². The van der Waals surface area contributed by atoms with Crippen molar-refractivity contribution >= 4 is 16.5 Å². The van der Waals surface area contributed by atoms with Crippen LogP contribution < -0.4 is 4.74 Å². The van der Waals surface area contributed by atoms with Crippen molar-refractivity contribution in [1.29, 1.82) is 0 Å². The topological polar surface area (TPSA) is 72.8 Å². The molecular formula is C11H14O5S. The minimum absolute atomic E-state index is 0.0361. The summed E-state index contributed by atoms with van der Waals surface area (Å²) in [6, 6.07) is 7.32. The van der Waals surface area contributed by atoms with Crippen LogP contribution in [0.5, 0.6) is 5.75 Å². The second-order valence-electron chi connectivity index (χ2n) is 3.14. The lowest BCUT2D eigenvalue weighted by atomic mass is 10.2. The first-order chi connectivity index (χ1) is 8.03. The van der Waals surface area contributed by atoms with Gasteiger partial charge in [0.05, 0.1) is 0 Å². The molecule has 0 aliphatic heterocycles. The first-order valence-electron chi connectivity index (χ1n) is 4.99. The second-order valence-corrected chi connectivity index (χ2v) is 4.23. The highest BCUT2D eigenvalue weighted by Crippen LogP contribution is 2.19. The van der Waals surface area contributed by atoms with E-state index in [1.807, 2.05) is 37.3 Å². The van der Waals surface area contributed by atoms with Gasteiger partial charge in [-0.15, -0.1) is 0 Å². The number of ether oxygens (including phenoxy) is 1. The zero-order valence-electron chi connectivity index (χ0n) is 9.37. The summed E-state index contributed by atoms with van der Waals surface area (Å²) in [7, 11) is -4.39. The maximum atomic E-state index is 10.3. The molecule has 17 heavy (non-hydrogen) atoms. The molecule has 0 saturated carbocycles. The quantitative estimate of drug-likeness (QED) is 0.623. The molecule has 0 aliphatic carbocycles. The van der Waals surface area contributed by atoms with Crippen molar-refractivity contribution < 1.29 is 21.9 Å². The van der Waals surface area contributed by atoms with Crippen LogP contribution in [-0.4, -0.2) is 26.2 Å². The van der Waals surface area contributed by atoms with Crippen LogP contribution in [0.25, 0.3) is 6.08 Å². The van der Waals surface area contributed by atoms with E-state index in [2.05, 4.69) is 4.18 Å². The van der Waals surface area contributed by atoms with Crippen LogP contribution in [0.2, 0.25) is 0 Å². The molecule has 1 aromatic rings. The molecule has 6 heteroatoms. The standard InChI is InChI=1S/C11H14O5S/c1-2-5-10-6-3-4-7-11(10)15-8-9-16-17(12,13)14/h2-7H,8-9H2,1H3,(H,12,13,14)/b5-2+. The van der Waals surface area contributed by atoms with E-state index in [4.69, 9.17) is 9.29 Å². The van der Waals surface area contributed by atoms with Crippen LogP contribution >= 0.6 is 0 Å². The molecule has 94 valence electrons. The Bertz CT molecular complexity index is 478. The van der Waals surface area contributed by atoms with Gasteiger partial charge < -0.3 is 4.74 Å². The Balaban J connectivity index is 2.52. The third kappa shape index (κ3) is 5.48. The first kappa shape index (κ1) is 13.7. The Morgan fingerprint density at radius 1 is 1.29 bits per heavy atom. The van der Waals surface area contributed by atoms with E-state index >= 15 is 0 Å². The van der Waals surface area contributed by atoms with Crippen molar-refractivity contribution in [3.05, 3.63) is 35.9 Å². The molecule has 0 spiro atoms. The van der Waals surface area contributed by atoms with E-state index in [1.54, 1.807) is 6.07 Å². The van der Waals surface area contributed by atoms with E-state index < -0.39 is 10.4 Å². The zero-order valence-corrected chi connectivity index (χ0v) is 10.2. The maximum absolute atomic E-state index is 10.3. The van der Waals surface area contributed by atoms with Crippen molar-refractivity contribution in [2.75, 3.05) is 13.2 Å². The van der Waals surface area contributed by atoms with Gasteiger partial charge in [0.15, 0.2) is 0 Å². The average molecular weight is 258 g/mol. The Hall–Kier alpha value is -1.37. The molecule has 0 heterocycles. The molecule has 0 saturated heterocycles. The van der Waals surface area contributed by atoms with Gasteiger partial charge in [-0.3, -0.25) is 4.55 Å². The van der Waals surface area contributed by atoms with Gasteiger partial charge in [0.1, 0.15) is 19.0 Å². The van der Waals surface area contributed by atoms with E-state index in [9.17, 15) is 8.42 Å². The Labute approximate surface area is 101 Å². The van der Waals surface area contributed by atoms with E-state index in [0.29, 0.717) is 5.75 Å². The van der Waals surface area contributed by atoms with Gasteiger partial charge >= 0.3 is 10.4 Å². The fourth-order valence-corrected chi connectivity index (χ4v) is 1.50. The largest absolute Gasteiger partial charge is 0.491 e. The Kier molecular flexibility index (Phi) is 5.14. The molecule has 0 fully saturated rings. The van der Waals surface area contributed by atoms with Crippen LogP contribution in [-0.2, 0) is 14.6 Å². The molecule has 1 aromatic carbocycles. The molecule has 0 amide bonds. The molecule has 0 radical (unpaired) electrons. The van der Waals surface area contributed by atoms with Crippen molar-refractivity contribution in [2.24, 2.45) is 0 Å². The molecule has 0 unspecified atom stereocenters. The van der Waals surface area contributed by atoms with Crippen molar-refractivity contribution in [3.8, 4) is 5.75 Å². The SMILES string of the molecule is C/C=C/c1ccccc1OCCOS(=O)(=O)O. The molecular weight excluding hydrogens is 244 g/mol. The smallest absolute Gasteiger partial charge is 0.397 e. The van der Waals surface area contributed by atoms with Crippen LogP contribution in [0.1, 0.15) is 12.5 Å². The third-order valence-corrected chi connectivity index (χ3v) is 2.30. The Morgan fingerprint density at radius 3 is 2.65 bits per heavy atom. The predicted molar refractivity (Wildman–Crippen MR) is 64.1 cm³/mol. The molecule has 1 rings (SSSR count). The van der Waals surface area contributed by atoms with Crippen LogP contribution in [0.15, 0.2) is 30.3 Å². The maximum Gasteiger partial charge on any atom is 0.397 e. The lowest BCUT2D eigenvalue weighted by Crippen LogP contribution is -2.11. The highest BCUT2D eigenvalue weighted by atomic mass is 32.3. The minimum Gasteiger partial charge on any atom is -0.491 e. The van der Waals surface area contributed by atoms with Gasteiger partial charge in [-0.25, -0.2) is 4.18 Å². The van der Waals surface area contributed by atoms with Gasteiger partial charge in [0, 0.05) is 5.56 Å². The summed E-state index contributed by atoms with van der Waals surface area (Å²) in [5.74, 6) is 0.629. The lowest BCUT2D eigenvalue weighted by molar-refractivity contribution is 0.201. The normalized spacial score (nSPS) is 11.9. The number of hydrogen-bond donors (Lipinski definition) is 1. The summed E-state index contributed by atoms with van der Waals surface area (Å²) in [4.78, 5) is 0. The van der Waals surface area contributed by atoms with E-state index in [1.165, 1.54) is 0 Å². The number of allylic oxidation sites excluding steroid dienone is 1. The molecule has 0 aliphatic rings. The second kappa shape index (κ2) is 6.39. The number of hydrogen-bond acceptors (Lipinski definition) is 4. The highest BCUT2D eigenvalue weighted by molar-refractivity contribution is 7.80. The van der Waals surface area contributed by atoms with Crippen LogP contribution in [0.4, 0.5) is 0 Å². The van der Waals surface area contributed by atoms with Gasteiger partial charge in [-0.05, 0) is 13.0 Å². The van der Waals surface area contributed by atoms with Gasteiger partial charge in [0.25, 0.3) is 0 Å². The molecule has 5 nitrogen and oxygen atoms in total. The van der Waals surface area contributed by atoms with Gasteiger partial charge in [-0.1, -0.05) is 30.4 Å². The average Bonchev–Trinajstić information content (AvgIpc) is 2.25. The van der Waals surface area contributed by atoms with Crippen LogP contribution in [0.3, 0.4) is 0 Å². The summed E-state index contributed by atoms with van der Waals surface area (Å²) in [6.07, 6.45) is 3.75. The number of benzene rings is 1. The fraction of sp³-hybridized carbons (Fsp3) is 0.273. The van der Waals surface area contributed by atoms with Gasteiger partial charge in [-0.2, -0.15) is 8.42 Å². The summed E-state index contributed by atoms with van der Waals surface area (Å²) in [5.41, 5.74) is 0.891. The van der Waals surface area contributed by atoms with Gasteiger partial charge in [0.2, 0.25) is 0 Å². The van der Waals surface area contributed by atoms with Crippen molar-refractivity contribution in [3.63, 3.8) is 0 Å². The first-order valence-corrected chi connectivity index (χ1v) is 6.36. The number of rotatable bonds is 6. The zero-order chi connectivity index (χ0) is 12.7. The summed E-state index contributed by atoms with van der Waals surface area (Å²) in [6.45, 7) is 1.69. The monoisotopic (exact) mass is 258 g/mol. The third-order valence-electron chi connectivity index (χ3n) is 1.84. The fourth-order valence-electron chi connectivity index (χ4n) is 1.22. The summed E-state index contributed by atoms with van der Waals surface area (Å²) >= 11 is 0.